The zero-order chi connectivity index (χ0) is 14.6. The fourth-order valence-electron chi connectivity index (χ4n) is 1.06. The van der Waals surface area contributed by atoms with Crippen LogP contribution in [0.1, 0.15) is 48.0 Å². The van der Waals surface area contributed by atoms with Gasteiger partial charge >= 0.3 is 12.1 Å². The normalized spacial score (nSPS) is 13.1. The fraction of sp³-hybridized carbons (Fsp3) is 0.692. The van der Waals surface area contributed by atoms with E-state index < -0.39 is 17.7 Å². The van der Waals surface area contributed by atoms with Crippen LogP contribution in [-0.2, 0) is 9.53 Å². The summed E-state index contributed by atoms with van der Waals surface area (Å²) in [5.41, 5.74) is -1.12. The molecule has 5 heteroatoms. The van der Waals surface area contributed by atoms with Crippen molar-refractivity contribution in [3.63, 3.8) is 0 Å². The molecule has 0 aliphatic rings. The highest BCUT2D eigenvalue weighted by Gasteiger charge is 2.22. The van der Waals surface area contributed by atoms with Crippen LogP contribution in [0.3, 0.4) is 0 Å². The fourth-order valence-corrected chi connectivity index (χ4v) is 1.06. The van der Waals surface area contributed by atoms with Crippen LogP contribution in [0.15, 0.2) is 11.8 Å². The first-order chi connectivity index (χ1) is 7.97. The van der Waals surface area contributed by atoms with Gasteiger partial charge < -0.3 is 9.84 Å². The van der Waals surface area contributed by atoms with E-state index in [9.17, 15) is 9.59 Å². The summed E-state index contributed by atoms with van der Waals surface area (Å²) in [7, 11) is 0. The molecule has 0 spiro atoms. The lowest BCUT2D eigenvalue weighted by Crippen LogP contribution is -2.34. The molecule has 0 saturated carbocycles. The largest absolute Gasteiger partial charge is 0.477 e. The number of hydrogen-bond acceptors (Lipinski definition) is 3. The van der Waals surface area contributed by atoms with Crippen molar-refractivity contribution in [1.82, 2.24) is 5.32 Å². The van der Waals surface area contributed by atoms with Gasteiger partial charge in [-0.2, -0.15) is 0 Å². The van der Waals surface area contributed by atoms with Crippen LogP contribution in [0.5, 0.6) is 0 Å². The number of aliphatic carboxylic acids is 1. The summed E-state index contributed by atoms with van der Waals surface area (Å²) in [6.45, 7) is 10.9. The molecule has 0 bridgehead atoms. The molecule has 0 aliphatic carbocycles. The maximum atomic E-state index is 11.5. The van der Waals surface area contributed by atoms with Gasteiger partial charge in [0.1, 0.15) is 11.3 Å². The molecular formula is C13H23NO4. The van der Waals surface area contributed by atoms with Gasteiger partial charge in [0.25, 0.3) is 0 Å². The predicted molar refractivity (Wildman–Crippen MR) is 69.2 cm³/mol. The van der Waals surface area contributed by atoms with E-state index in [1.54, 1.807) is 20.8 Å². The summed E-state index contributed by atoms with van der Waals surface area (Å²) < 4.78 is 5.01. The average Bonchev–Trinajstić information content (AvgIpc) is 2.13. The number of carboxylic acid groups (broad SMARTS) is 1. The number of carbonyl (C=O) groups excluding carboxylic acids is 1. The lowest BCUT2D eigenvalue weighted by atomic mass is 9.89. The van der Waals surface area contributed by atoms with Gasteiger partial charge in [-0.15, -0.1) is 0 Å². The van der Waals surface area contributed by atoms with E-state index in [-0.39, 0.29) is 11.1 Å². The minimum atomic E-state index is -1.18. The Morgan fingerprint density at radius 1 is 1.22 bits per heavy atom. The van der Waals surface area contributed by atoms with Crippen molar-refractivity contribution in [1.29, 1.82) is 0 Å². The van der Waals surface area contributed by atoms with Gasteiger partial charge in [0, 0.05) is 0 Å². The van der Waals surface area contributed by atoms with Gasteiger partial charge in [0.15, 0.2) is 0 Å². The molecular weight excluding hydrogens is 234 g/mol. The number of carbonyl (C=O) groups is 2. The Balaban J connectivity index is 4.87. The quantitative estimate of drug-likeness (QED) is 0.759. The van der Waals surface area contributed by atoms with Gasteiger partial charge in [-0.1, -0.05) is 20.8 Å². The molecule has 2 N–H and O–H groups in total. The highest BCUT2D eigenvalue weighted by Crippen LogP contribution is 2.22. The summed E-state index contributed by atoms with van der Waals surface area (Å²) in [5, 5.41) is 11.3. The molecule has 104 valence electrons. The van der Waals surface area contributed by atoms with E-state index in [0.29, 0.717) is 0 Å². The first-order valence-electron chi connectivity index (χ1n) is 5.93. The van der Waals surface area contributed by atoms with Crippen molar-refractivity contribution in [3.05, 3.63) is 11.8 Å². The number of amides is 1. The molecule has 0 unspecified atom stereocenters. The number of hydrogen-bond donors (Lipinski definition) is 2. The maximum Gasteiger partial charge on any atom is 0.412 e. The van der Waals surface area contributed by atoms with E-state index >= 15 is 0 Å². The summed E-state index contributed by atoms with van der Waals surface area (Å²) in [5.74, 6) is -1.18. The molecule has 0 aliphatic heterocycles. The standard InChI is InChI=1S/C13H23NO4/c1-7-13(5,6)8-9(10(15)16)14-11(17)18-12(2,3)4/h8H,7H2,1-6H3,(H,14,17)(H,15,16)/b9-8+. The Morgan fingerprint density at radius 3 is 2.06 bits per heavy atom. The first kappa shape index (κ1) is 16.5. The maximum absolute atomic E-state index is 11.5. The molecule has 18 heavy (non-hydrogen) atoms. The Kier molecular flexibility index (Phi) is 5.39. The van der Waals surface area contributed by atoms with Crippen molar-refractivity contribution in [2.24, 2.45) is 5.41 Å². The summed E-state index contributed by atoms with van der Waals surface area (Å²) in [4.78, 5) is 22.6. The number of rotatable bonds is 4. The highest BCUT2D eigenvalue weighted by molar-refractivity contribution is 5.90. The number of alkyl carbamates (subject to hydrolysis) is 1. The van der Waals surface area contributed by atoms with Crippen LogP contribution in [0.25, 0.3) is 0 Å². The average molecular weight is 257 g/mol. The zero-order valence-corrected chi connectivity index (χ0v) is 12.0. The third-order valence-corrected chi connectivity index (χ3v) is 2.31. The van der Waals surface area contributed by atoms with E-state index in [4.69, 9.17) is 9.84 Å². The van der Waals surface area contributed by atoms with Gasteiger partial charge in [-0.3, -0.25) is 5.32 Å². The lowest BCUT2D eigenvalue weighted by Gasteiger charge is -2.22. The molecule has 0 saturated heterocycles. The van der Waals surface area contributed by atoms with Crippen molar-refractivity contribution < 1.29 is 19.4 Å². The lowest BCUT2D eigenvalue weighted by molar-refractivity contribution is -0.133. The van der Waals surface area contributed by atoms with E-state index in [1.165, 1.54) is 6.08 Å². The molecule has 0 rings (SSSR count). The van der Waals surface area contributed by atoms with E-state index in [0.717, 1.165) is 6.42 Å². The molecule has 0 aromatic rings. The van der Waals surface area contributed by atoms with Crippen molar-refractivity contribution >= 4 is 12.1 Å². The Bertz CT molecular complexity index is 350. The van der Waals surface area contributed by atoms with Crippen molar-refractivity contribution in [2.45, 2.75) is 53.6 Å². The smallest absolute Gasteiger partial charge is 0.412 e. The molecule has 0 heterocycles. The Hall–Kier alpha value is -1.52. The topological polar surface area (TPSA) is 75.6 Å². The summed E-state index contributed by atoms with van der Waals surface area (Å²) in [6, 6.07) is 0. The molecule has 0 atom stereocenters. The number of carboxylic acids is 1. The second kappa shape index (κ2) is 5.89. The van der Waals surface area contributed by atoms with Gasteiger partial charge in [-0.05, 0) is 38.7 Å². The van der Waals surface area contributed by atoms with E-state index in [2.05, 4.69) is 5.32 Å². The molecule has 0 fully saturated rings. The molecule has 0 aromatic carbocycles. The summed E-state index contributed by atoms with van der Waals surface area (Å²) >= 11 is 0. The second-order valence-corrected chi connectivity index (χ2v) is 5.83. The first-order valence-corrected chi connectivity index (χ1v) is 5.93. The molecule has 5 nitrogen and oxygen atoms in total. The van der Waals surface area contributed by atoms with Gasteiger partial charge in [-0.25, -0.2) is 9.59 Å². The third-order valence-electron chi connectivity index (χ3n) is 2.31. The number of nitrogens with one attached hydrogen (secondary N) is 1. The summed E-state index contributed by atoms with van der Waals surface area (Å²) in [6.07, 6.45) is 1.53. The van der Waals surface area contributed by atoms with Crippen molar-refractivity contribution in [3.8, 4) is 0 Å². The number of allylic oxidation sites excluding steroid dienone is 1. The highest BCUT2D eigenvalue weighted by atomic mass is 16.6. The van der Waals surface area contributed by atoms with E-state index in [1.807, 2.05) is 20.8 Å². The van der Waals surface area contributed by atoms with Crippen LogP contribution >= 0.6 is 0 Å². The SMILES string of the molecule is CCC(C)(C)/C=C(/NC(=O)OC(C)(C)C)C(=O)O. The van der Waals surface area contributed by atoms with Gasteiger partial charge in [0.2, 0.25) is 0 Å². The minimum absolute atomic E-state index is 0.156. The molecule has 1 amide bonds. The van der Waals surface area contributed by atoms with Crippen LogP contribution in [-0.4, -0.2) is 22.8 Å². The Morgan fingerprint density at radius 2 is 1.72 bits per heavy atom. The molecule has 0 radical (unpaired) electrons. The van der Waals surface area contributed by atoms with Crippen LogP contribution in [0, 0.1) is 5.41 Å². The van der Waals surface area contributed by atoms with Crippen LogP contribution in [0.4, 0.5) is 4.79 Å². The minimum Gasteiger partial charge on any atom is -0.477 e. The molecule has 0 aromatic heterocycles. The van der Waals surface area contributed by atoms with Crippen LogP contribution in [0.2, 0.25) is 0 Å². The van der Waals surface area contributed by atoms with Crippen molar-refractivity contribution in [2.75, 3.05) is 0 Å². The Labute approximate surface area is 108 Å². The monoisotopic (exact) mass is 257 g/mol. The second-order valence-electron chi connectivity index (χ2n) is 5.83. The van der Waals surface area contributed by atoms with Crippen LogP contribution < -0.4 is 5.32 Å². The van der Waals surface area contributed by atoms with Gasteiger partial charge in [0.05, 0.1) is 0 Å². The third kappa shape index (κ3) is 6.93. The number of ether oxygens (including phenoxy) is 1. The zero-order valence-electron chi connectivity index (χ0n) is 12.0. The predicted octanol–water partition coefficient (Wildman–Crippen LogP) is 2.92.